The van der Waals surface area contributed by atoms with Crippen molar-refractivity contribution in [3.05, 3.63) is 35.4 Å². The van der Waals surface area contributed by atoms with Crippen molar-refractivity contribution in [3.63, 3.8) is 0 Å². The molecule has 1 aliphatic heterocycles. The highest BCUT2D eigenvalue weighted by Crippen LogP contribution is 2.13. The fourth-order valence-corrected chi connectivity index (χ4v) is 2.06. The topological polar surface area (TPSA) is 55.6 Å². The number of hydrogen-bond acceptors (Lipinski definition) is 3. The van der Waals surface area contributed by atoms with Crippen molar-refractivity contribution in [1.29, 1.82) is 0 Å². The first-order valence-electron chi connectivity index (χ1n) is 5.83. The van der Waals surface area contributed by atoms with E-state index in [1.54, 1.807) is 7.11 Å². The highest BCUT2D eigenvalue weighted by atomic mass is 16.5. The normalized spacial score (nSPS) is 19.6. The summed E-state index contributed by atoms with van der Waals surface area (Å²) >= 11 is 0. The molecule has 92 valence electrons. The number of carbonyl (C=O) groups is 1. The van der Waals surface area contributed by atoms with Gasteiger partial charge in [0.05, 0.1) is 6.61 Å². The standard InChI is InChI=1S/C13H18N2O2/c1-17-9-10-2-4-11(5-3-10)13(16)15-7-6-12(14)8-15/h2-5,12H,6-9,14H2,1H3/t12-/m1/s1. The summed E-state index contributed by atoms with van der Waals surface area (Å²) in [6, 6.07) is 7.67. The van der Waals surface area contributed by atoms with Crippen molar-refractivity contribution >= 4 is 5.91 Å². The number of hydrogen-bond donors (Lipinski definition) is 1. The smallest absolute Gasteiger partial charge is 0.253 e. The molecule has 0 unspecified atom stereocenters. The molecular weight excluding hydrogens is 216 g/mol. The maximum absolute atomic E-state index is 12.1. The van der Waals surface area contributed by atoms with Crippen LogP contribution in [0.3, 0.4) is 0 Å². The molecule has 17 heavy (non-hydrogen) atoms. The van der Waals surface area contributed by atoms with E-state index >= 15 is 0 Å². The Hall–Kier alpha value is -1.39. The minimum absolute atomic E-state index is 0.0712. The molecule has 1 saturated heterocycles. The number of methoxy groups -OCH3 is 1. The van der Waals surface area contributed by atoms with Crippen molar-refractivity contribution in [2.24, 2.45) is 5.73 Å². The maximum Gasteiger partial charge on any atom is 0.253 e. The Balaban J connectivity index is 2.04. The average molecular weight is 234 g/mol. The maximum atomic E-state index is 12.1. The number of carbonyl (C=O) groups excluding carboxylic acids is 1. The summed E-state index contributed by atoms with van der Waals surface area (Å²) in [5.74, 6) is 0.0712. The van der Waals surface area contributed by atoms with Crippen molar-refractivity contribution < 1.29 is 9.53 Å². The summed E-state index contributed by atoms with van der Waals surface area (Å²) in [5, 5.41) is 0. The average Bonchev–Trinajstić information content (AvgIpc) is 2.76. The lowest BCUT2D eigenvalue weighted by Gasteiger charge is -2.15. The van der Waals surface area contributed by atoms with Gasteiger partial charge in [-0.1, -0.05) is 12.1 Å². The van der Waals surface area contributed by atoms with E-state index < -0.39 is 0 Å². The summed E-state index contributed by atoms with van der Waals surface area (Å²) in [6.07, 6.45) is 0.896. The Morgan fingerprint density at radius 3 is 2.71 bits per heavy atom. The molecule has 0 saturated carbocycles. The lowest BCUT2D eigenvalue weighted by molar-refractivity contribution is 0.0791. The van der Waals surface area contributed by atoms with Crippen molar-refractivity contribution in [2.75, 3.05) is 20.2 Å². The predicted molar refractivity (Wildman–Crippen MR) is 65.7 cm³/mol. The summed E-state index contributed by atoms with van der Waals surface area (Å²) < 4.78 is 5.03. The van der Waals surface area contributed by atoms with Crippen LogP contribution in [-0.2, 0) is 11.3 Å². The molecule has 1 heterocycles. The lowest BCUT2D eigenvalue weighted by atomic mass is 10.1. The highest BCUT2D eigenvalue weighted by Gasteiger charge is 2.24. The van der Waals surface area contributed by atoms with Gasteiger partial charge >= 0.3 is 0 Å². The second-order valence-electron chi connectivity index (χ2n) is 4.43. The third kappa shape index (κ3) is 2.84. The van der Waals surface area contributed by atoms with Gasteiger partial charge < -0.3 is 15.4 Å². The van der Waals surface area contributed by atoms with Crippen LogP contribution in [0, 0.1) is 0 Å². The molecule has 0 aliphatic carbocycles. The van der Waals surface area contributed by atoms with Gasteiger partial charge in [0.15, 0.2) is 0 Å². The molecule has 2 rings (SSSR count). The number of amides is 1. The third-order valence-corrected chi connectivity index (χ3v) is 3.02. The van der Waals surface area contributed by atoms with E-state index in [-0.39, 0.29) is 11.9 Å². The van der Waals surface area contributed by atoms with Crippen molar-refractivity contribution in [2.45, 2.75) is 19.1 Å². The second-order valence-corrected chi connectivity index (χ2v) is 4.43. The second kappa shape index (κ2) is 5.29. The fourth-order valence-electron chi connectivity index (χ4n) is 2.06. The van der Waals surface area contributed by atoms with Gasteiger partial charge in [-0.25, -0.2) is 0 Å². The molecule has 1 aliphatic rings. The number of rotatable bonds is 3. The van der Waals surface area contributed by atoms with E-state index in [2.05, 4.69) is 0 Å². The molecule has 4 heteroatoms. The van der Waals surface area contributed by atoms with Crippen molar-refractivity contribution in [1.82, 2.24) is 4.90 Å². The molecule has 1 aromatic rings. The Bertz CT molecular complexity index is 389. The number of likely N-dealkylation sites (tertiary alicyclic amines) is 1. The Morgan fingerprint density at radius 2 is 2.18 bits per heavy atom. The third-order valence-electron chi connectivity index (χ3n) is 3.02. The molecule has 2 N–H and O–H groups in total. The number of nitrogens with zero attached hydrogens (tertiary/aromatic N) is 1. The van der Waals surface area contributed by atoms with Crippen molar-refractivity contribution in [3.8, 4) is 0 Å². The highest BCUT2D eigenvalue weighted by molar-refractivity contribution is 5.94. The fraction of sp³-hybridized carbons (Fsp3) is 0.462. The Kier molecular flexibility index (Phi) is 3.76. The summed E-state index contributed by atoms with van der Waals surface area (Å²) in [4.78, 5) is 13.9. The largest absolute Gasteiger partial charge is 0.380 e. The van der Waals surface area contributed by atoms with Crippen LogP contribution < -0.4 is 5.73 Å². The van der Waals surface area contributed by atoms with Gasteiger partial charge in [0.25, 0.3) is 5.91 Å². The molecule has 0 bridgehead atoms. The van der Waals surface area contributed by atoms with E-state index in [0.29, 0.717) is 13.2 Å². The lowest BCUT2D eigenvalue weighted by Crippen LogP contribution is -2.31. The minimum atomic E-state index is 0.0712. The van der Waals surface area contributed by atoms with Crippen LogP contribution in [0.5, 0.6) is 0 Å². The quantitative estimate of drug-likeness (QED) is 0.849. The van der Waals surface area contributed by atoms with Crippen LogP contribution in [0.2, 0.25) is 0 Å². The molecule has 1 amide bonds. The molecule has 0 spiro atoms. The zero-order valence-corrected chi connectivity index (χ0v) is 10.1. The Labute approximate surface area is 101 Å². The summed E-state index contributed by atoms with van der Waals surface area (Å²) in [5.41, 5.74) is 7.59. The van der Waals surface area contributed by atoms with Gasteiger partial charge in [0.1, 0.15) is 0 Å². The zero-order chi connectivity index (χ0) is 12.3. The van der Waals surface area contributed by atoms with Gasteiger partial charge in [-0.3, -0.25) is 4.79 Å². The van der Waals surface area contributed by atoms with E-state index in [1.165, 1.54) is 0 Å². The molecule has 1 aromatic carbocycles. The predicted octanol–water partition coefficient (Wildman–Crippen LogP) is 1.01. The van der Waals surface area contributed by atoms with Gasteiger partial charge in [0, 0.05) is 31.8 Å². The molecule has 1 fully saturated rings. The number of nitrogens with two attached hydrogens (primary N) is 1. The Morgan fingerprint density at radius 1 is 1.47 bits per heavy atom. The number of benzene rings is 1. The van der Waals surface area contributed by atoms with Gasteiger partial charge in [-0.2, -0.15) is 0 Å². The van der Waals surface area contributed by atoms with E-state index in [4.69, 9.17) is 10.5 Å². The van der Waals surface area contributed by atoms with Gasteiger partial charge in [-0.15, -0.1) is 0 Å². The first kappa shape index (κ1) is 12.1. The summed E-state index contributed by atoms with van der Waals surface area (Å²) in [7, 11) is 1.66. The molecular formula is C13H18N2O2. The van der Waals surface area contributed by atoms with Crippen LogP contribution in [0.15, 0.2) is 24.3 Å². The number of ether oxygens (including phenoxy) is 1. The first-order chi connectivity index (χ1) is 8.20. The van der Waals surface area contributed by atoms with Crippen LogP contribution in [-0.4, -0.2) is 37.0 Å². The van der Waals surface area contributed by atoms with Gasteiger partial charge in [-0.05, 0) is 24.1 Å². The SMILES string of the molecule is COCc1ccc(C(=O)N2CC[C@@H](N)C2)cc1. The van der Waals surface area contributed by atoms with Gasteiger partial charge in [0.2, 0.25) is 0 Å². The molecule has 0 radical (unpaired) electrons. The van der Waals surface area contributed by atoms with E-state index in [1.807, 2.05) is 29.2 Å². The van der Waals surface area contributed by atoms with E-state index in [9.17, 15) is 4.79 Å². The minimum Gasteiger partial charge on any atom is -0.380 e. The summed E-state index contributed by atoms with van der Waals surface area (Å²) in [6.45, 7) is 2.00. The molecule has 0 aromatic heterocycles. The van der Waals surface area contributed by atoms with Crippen LogP contribution in [0.25, 0.3) is 0 Å². The molecule has 1 atom stereocenters. The first-order valence-corrected chi connectivity index (χ1v) is 5.83. The van der Waals surface area contributed by atoms with Crippen LogP contribution in [0.1, 0.15) is 22.3 Å². The van der Waals surface area contributed by atoms with Crippen LogP contribution in [0.4, 0.5) is 0 Å². The zero-order valence-electron chi connectivity index (χ0n) is 10.1. The monoisotopic (exact) mass is 234 g/mol. The van der Waals surface area contributed by atoms with Crippen LogP contribution >= 0.6 is 0 Å². The van der Waals surface area contributed by atoms with E-state index in [0.717, 1.165) is 24.1 Å². The molecule has 4 nitrogen and oxygen atoms in total.